The van der Waals surface area contributed by atoms with Crippen LogP contribution in [0.3, 0.4) is 0 Å². The molecule has 148 valence electrons. The van der Waals surface area contributed by atoms with Gasteiger partial charge in [0.2, 0.25) is 0 Å². The summed E-state index contributed by atoms with van der Waals surface area (Å²) in [4.78, 5) is 28.2. The minimum Gasteiger partial charge on any atom is -0.482 e. The number of carbonyl (C=O) groups excluding carboxylic acids is 1. The van der Waals surface area contributed by atoms with Crippen molar-refractivity contribution in [3.63, 3.8) is 0 Å². The average Bonchev–Trinajstić information content (AvgIpc) is 3.39. The Morgan fingerprint density at radius 3 is 2.93 bits per heavy atom. The van der Waals surface area contributed by atoms with Gasteiger partial charge in [0.15, 0.2) is 6.61 Å². The fourth-order valence-electron chi connectivity index (χ4n) is 5.41. The molecule has 2 bridgehead atoms. The number of aromatic amines is 1. The second-order valence-corrected chi connectivity index (χ2v) is 10.0. The summed E-state index contributed by atoms with van der Waals surface area (Å²) in [5.41, 5.74) is 1.09. The average molecular weight is 418 g/mol. The zero-order chi connectivity index (χ0) is 19.3. The molecular formula is C21H23NO4S2. The smallest absolute Gasteiger partial charge is 0.344 e. The molecule has 2 saturated carbocycles. The molecule has 0 amide bonds. The molecule has 1 aromatic carbocycles. The van der Waals surface area contributed by atoms with Crippen LogP contribution in [-0.4, -0.2) is 29.4 Å². The molecule has 5 rings (SSSR count). The molecule has 1 aliphatic heterocycles. The molecule has 2 fully saturated rings. The summed E-state index contributed by atoms with van der Waals surface area (Å²) >= 11 is 3.21. The second-order valence-electron chi connectivity index (χ2n) is 7.81. The minimum absolute atomic E-state index is 0.0137. The van der Waals surface area contributed by atoms with Crippen molar-refractivity contribution in [2.24, 2.45) is 17.8 Å². The number of rotatable bonds is 5. The number of carbonyl (C=O) groups is 1. The Balaban J connectivity index is 1.54. The normalized spacial score (nSPS) is 30.0. The van der Waals surface area contributed by atoms with Gasteiger partial charge in [-0.05, 0) is 50.0 Å². The van der Waals surface area contributed by atoms with Crippen molar-refractivity contribution >= 4 is 29.1 Å². The highest BCUT2D eigenvalue weighted by Crippen LogP contribution is 2.64. The third kappa shape index (κ3) is 2.99. The molecule has 0 spiro atoms. The summed E-state index contributed by atoms with van der Waals surface area (Å²) in [6, 6.07) is 7.97. The molecule has 1 aromatic heterocycles. The quantitative estimate of drug-likeness (QED) is 0.744. The van der Waals surface area contributed by atoms with Crippen molar-refractivity contribution in [1.82, 2.24) is 4.98 Å². The van der Waals surface area contributed by atoms with E-state index in [1.54, 1.807) is 6.92 Å². The van der Waals surface area contributed by atoms with Crippen molar-refractivity contribution in [1.29, 1.82) is 0 Å². The first-order valence-corrected chi connectivity index (χ1v) is 11.6. The van der Waals surface area contributed by atoms with Crippen molar-refractivity contribution < 1.29 is 14.3 Å². The van der Waals surface area contributed by atoms with Gasteiger partial charge in [0.05, 0.1) is 11.6 Å². The van der Waals surface area contributed by atoms with Gasteiger partial charge in [0, 0.05) is 21.6 Å². The van der Waals surface area contributed by atoms with Gasteiger partial charge in [0.1, 0.15) is 5.75 Å². The Morgan fingerprint density at radius 2 is 2.07 bits per heavy atom. The number of nitrogens with one attached hydrogen (secondary N) is 1. The minimum atomic E-state index is -0.360. The van der Waals surface area contributed by atoms with E-state index in [1.807, 2.05) is 30.0 Å². The fourth-order valence-corrected chi connectivity index (χ4v) is 8.29. The number of thioether (sulfide) groups is 1. The Bertz CT molecular complexity index is 952. The van der Waals surface area contributed by atoms with Gasteiger partial charge in [-0.3, -0.25) is 4.79 Å². The van der Waals surface area contributed by atoms with Crippen LogP contribution in [0.1, 0.15) is 42.5 Å². The lowest BCUT2D eigenvalue weighted by Gasteiger charge is -2.40. The van der Waals surface area contributed by atoms with Crippen LogP contribution >= 0.6 is 23.1 Å². The highest BCUT2D eigenvalue weighted by molar-refractivity contribution is 8.00. The van der Waals surface area contributed by atoms with Crippen LogP contribution in [0, 0.1) is 17.8 Å². The van der Waals surface area contributed by atoms with Crippen molar-refractivity contribution in [3.8, 4) is 5.75 Å². The molecule has 2 heterocycles. The number of para-hydroxylation sites is 1. The first-order chi connectivity index (χ1) is 13.7. The van der Waals surface area contributed by atoms with Gasteiger partial charge >= 0.3 is 10.8 Å². The van der Waals surface area contributed by atoms with Gasteiger partial charge in [0.25, 0.3) is 0 Å². The third-order valence-electron chi connectivity index (χ3n) is 6.37. The van der Waals surface area contributed by atoms with Crippen molar-refractivity contribution in [2.75, 3.05) is 13.2 Å². The first-order valence-electron chi connectivity index (χ1n) is 9.92. The van der Waals surface area contributed by atoms with Gasteiger partial charge in [-0.25, -0.2) is 4.79 Å². The second kappa shape index (κ2) is 7.26. The van der Waals surface area contributed by atoms with E-state index in [0.717, 1.165) is 27.1 Å². The summed E-state index contributed by atoms with van der Waals surface area (Å²) in [5, 5.41) is 1.59. The number of hydrogen-bond acceptors (Lipinski definition) is 6. The molecule has 0 saturated heterocycles. The lowest BCUT2D eigenvalue weighted by Crippen LogP contribution is -2.34. The summed E-state index contributed by atoms with van der Waals surface area (Å²) in [7, 11) is 0. The number of benzene rings is 1. The van der Waals surface area contributed by atoms with E-state index in [4.69, 9.17) is 9.47 Å². The number of H-pyrrole nitrogens is 1. The summed E-state index contributed by atoms with van der Waals surface area (Å²) in [5.74, 6) is 2.48. The molecule has 1 N–H and O–H groups in total. The molecule has 5 atom stereocenters. The van der Waals surface area contributed by atoms with E-state index in [1.165, 1.54) is 30.6 Å². The molecule has 0 radical (unpaired) electrons. The molecular weight excluding hydrogens is 394 g/mol. The number of hydrogen-bond donors (Lipinski definition) is 1. The number of fused-ring (bicyclic) bond motifs is 6. The van der Waals surface area contributed by atoms with Gasteiger partial charge in [-0.2, -0.15) is 0 Å². The number of ether oxygens (including phenoxy) is 2. The van der Waals surface area contributed by atoms with Gasteiger partial charge in [-0.15, -0.1) is 11.8 Å². The SMILES string of the molecule is CCOC(=O)COc1ccccc1[C@@H]1c2sc(=O)[nH]c2S[C@H]2[C@H]3CC[C@@H](C3)[C@@H]12. The van der Waals surface area contributed by atoms with Gasteiger partial charge < -0.3 is 14.5 Å². The van der Waals surface area contributed by atoms with Crippen molar-refractivity contribution in [3.05, 3.63) is 44.4 Å². The van der Waals surface area contributed by atoms with Crippen LogP contribution in [0.15, 0.2) is 34.1 Å². The Labute approximate surface area is 171 Å². The largest absolute Gasteiger partial charge is 0.482 e. The van der Waals surface area contributed by atoms with E-state index < -0.39 is 0 Å². The monoisotopic (exact) mass is 417 g/mol. The topological polar surface area (TPSA) is 68.4 Å². The molecule has 5 nitrogen and oxygen atoms in total. The highest BCUT2D eigenvalue weighted by atomic mass is 32.2. The van der Waals surface area contributed by atoms with Gasteiger partial charge in [-0.1, -0.05) is 29.5 Å². The highest BCUT2D eigenvalue weighted by Gasteiger charge is 2.55. The maximum atomic E-state index is 12.2. The predicted molar refractivity (Wildman–Crippen MR) is 109 cm³/mol. The zero-order valence-corrected chi connectivity index (χ0v) is 17.3. The number of aromatic nitrogens is 1. The predicted octanol–water partition coefficient (Wildman–Crippen LogP) is 4.03. The lowest BCUT2D eigenvalue weighted by molar-refractivity contribution is -0.145. The fraction of sp³-hybridized carbons (Fsp3) is 0.524. The Kier molecular flexibility index (Phi) is 4.75. The van der Waals surface area contributed by atoms with Crippen LogP contribution < -0.4 is 9.61 Å². The van der Waals surface area contributed by atoms with E-state index in [-0.39, 0.29) is 23.4 Å². The third-order valence-corrected chi connectivity index (χ3v) is 8.99. The zero-order valence-electron chi connectivity index (χ0n) is 15.7. The van der Waals surface area contributed by atoms with Crippen LogP contribution in [0.4, 0.5) is 0 Å². The maximum Gasteiger partial charge on any atom is 0.344 e. The van der Waals surface area contributed by atoms with E-state index >= 15 is 0 Å². The number of thiazole rings is 1. The van der Waals surface area contributed by atoms with Crippen LogP contribution in [0.25, 0.3) is 0 Å². The van der Waals surface area contributed by atoms with E-state index in [2.05, 4.69) is 11.1 Å². The Morgan fingerprint density at radius 1 is 1.25 bits per heavy atom. The van der Waals surface area contributed by atoms with Crippen LogP contribution in [0.5, 0.6) is 5.75 Å². The molecule has 28 heavy (non-hydrogen) atoms. The lowest BCUT2D eigenvalue weighted by atomic mass is 9.74. The van der Waals surface area contributed by atoms with E-state index in [9.17, 15) is 9.59 Å². The standard InChI is InChI=1S/C21H23NO4S2/c1-2-25-15(23)10-26-14-6-4-3-5-13(14)17-16-11-7-8-12(9-11)18(16)27-20-19(17)28-21(24)22-20/h3-6,11-12,16-18H,2,7-10H2,1H3,(H,22,24)/t11-,12-,16-,17-,18-/m0/s1. The summed E-state index contributed by atoms with van der Waals surface area (Å²) < 4.78 is 10.9. The van der Waals surface area contributed by atoms with Crippen LogP contribution in [0.2, 0.25) is 0 Å². The van der Waals surface area contributed by atoms with E-state index in [0.29, 0.717) is 23.7 Å². The molecule has 0 unspecified atom stereocenters. The Hall–Kier alpha value is -1.73. The summed E-state index contributed by atoms with van der Waals surface area (Å²) in [6.45, 7) is 2.04. The first kappa shape index (κ1) is 18.3. The maximum absolute atomic E-state index is 12.2. The molecule has 3 aliphatic rings. The van der Waals surface area contributed by atoms with Crippen molar-refractivity contribution in [2.45, 2.75) is 42.4 Å². The van der Waals surface area contributed by atoms with Crippen LogP contribution in [-0.2, 0) is 9.53 Å². The molecule has 2 aromatic rings. The summed E-state index contributed by atoms with van der Waals surface area (Å²) in [6.07, 6.45) is 3.88. The number of esters is 1. The molecule has 7 heteroatoms. The molecule has 2 aliphatic carbocycles.